The standard InChI is InChI=1S/C10H5N5O/c1-11-10-5-13-9-3-2-7(14-15(9)10)8-4-12-6-16-8/h2-6H. The van der Waals surface area contributed by atoms with Crippen LogP contribution in [0.4, 0.5) is 5.82 Å². The maximum Gasteiger partial charge on any atom is 0.275 e. The fraction of sp³-hybridized carbons (Fsp3) is 0. The van der Waals surface area contributed by atoms with Crippen LogP contribution in [0.15, 0.2) is 35.3 Å². The van der Waals surface area contributed by atoms with E-state index in [0.717, 1.165) is 0 Å². The lowest BCUT2D eigenvalue weighted by Crippen LogP contribution is -1.92. The first-order valence-corrected chi connectivity index (χ1v) is 4.49. The van der Waals surface area contributed by atoms with E-state index in [1.54, 1.807) is 18.3 Å². The van der Waals surface area contributed by atoms with Crippen LogP contribution in [-0.4, -0.2) is 19.6 Å². The zero-order valence-electron chi connectivity index (χ0n) is 8.03. The number of fused-ring (bicyclic) bond motifs is 1. The Morgan fingerprint density at radius 3 is 3.00 bits per heavy atom. The van der Waals surface area contributed by atoms with E-state index in [-0.39, 0.29) is 0 Å². The van der Waals surface area contributed by atoms with Crippen LogP contribution in [0.2, 0.25) is 0 Å². The molecule has 0 radical (unpaired) electrons. The van der Waals surface area contributed by atoms with Crippen molar-refractivity contribution in [3.05, 3.63) is 42.3 Å². The van der Waals surface area contributed by atoms with Gasteiger partial charge in [-0.1, -0.05) is 11.7 Å². The second kappa shape index (κ2) is 3.17. The average Bonchev–Trinajstić information content (AvgIpc) is 2.97. The molecule has 0 aliphatic carbocycles. The minimum atomic E-state index is 0.372. The van der Waals surface area contributed by atoms with Crippen LogP contribution < -0.4 is 0 Å². The van der Waals surface area contributed by atoms with Crippen LogP contribution >= 0.6 is 0 Å². The van der Waals surface area contributed by atoms with Crippen LogP contribution in [0.25, 0.3) is 21.9 Å². The molecule has 0 unspecified atom stereocenters. The van der Waals surface area contributed by atoms with Crippen LogP contribution in [0.1, 0.15) is 0 Å². The van der Waals surface area contributed by atoms with Gasteiger partial charge in [-0.2, -0.15) is 0 Å². The maximum atomic E-state index is 6.98. The highest BCUT2D eigenvalue weighted by Crippen LogP contribution is 2.19. The first-order chi connectivity index (χ1) is 7.88. The first kappa shape index (κ1) is 8.61. The number of hydrogen-bond donors (Lipinski definition) is 0. The average molecular weight is 211 g/mol. The lowest BCUT2D eigenvalue weighted by Gasteiger charge is -1.94. The highest BCUT2D eigenvalue weighted by Gasteiger charge is 2.10. The molecule has 6 heteroatoms. The molecular weight excluding hydrogens is 206 g/mol. The van der Waals surface area contributed by atoms with Crippen molar-refractivity contribution in [2.75, 3.05) is 0 Å². The molecule has 0 bridgehead atoms. The quantitative estimate of drug-likeness (QED) is 0.577. The molecular formula is C10H5N5O. The number of nitrogens with zero attached hydrogens (tertiary/aromatic N) is 5. The molecule has 3 aromatic rings. The zero-order valence-corrected chi connectivity index (χ0v) is 8.03. The molecule has 0 N–H and O–H groups in total. The van der Waals surface area contributed by atoms with Crippen LogP contribution in [-0.2, 0) is 0 Å². The predicted molar refractivity (Wildman–Crippen MR) is 54.7 cm³/mol. The van der Waals surface area contributed by atoms with Crippen molar-refractivity contribution in [3.8, 4) is 11.5 Å². The Labute approximate surface area is 90.0 Å². The van der Waals surface area contributed by atoms with E-state index in [2.05, 4.69) is 19.9 Å². The Hall–Kier alpha value is -2.68. The predicted octanol–water partition coefficient (Wildman–Crippen LogP) is 1.94. The Morgan fingerprint density at radius 2 is 2.25 bits per heavy atom. The van der Waals surface area contributed by atoms with Crippen molar-refractivity contribution in [3.63, 3.8) is 0 Å². The Bertz CT molecular complexity index is 677. The molecule has 0 atom stereocenters. The maximum absolute atomic E-state index is 6.98. The van der Waals surface area contributed by atoms with Crippen LogP contribution in [0, 0.1) is 6.57 Å². The van der Waals surface area contributed by atoms with E-state index in [1.165, 1.54) is 17.1 Å². The second-order valence-electron chi connectivity index (χ2n) is 3.08. The van der Waals surface area contributed by atoms with Gasteiger partial charge in [-0.3, -0.25) is 0 Å². The fourth-order valence-electron chi connectivity index (χ4n) is 1.41. The van der Waals surface area contributed by atoms with Gasteiger partial charge >= 0.3 is 0 Å². The van der Waals surface area contributed by atoms with Crippen molar-refractivity contribution in [1.29, 1.82) is 0 Å². The summed E-state index contributed by atoms with van der Waals surface area (Å²) in [5.74, 6) is 0.933. The lowest BCUT2D eigenvalue weighted by molar-refractivity contribution is 0.568. The van der Waals surface area contributed by atoms with E-state index >= 15 is 0 Å². The van der Waals surface area contributed by atoms with Crippen molar-refractivity contribution < 1.29 is 4.42 Å². The first-order valence-electron chi connectivity index (χ1n) is 4.49. The number of hydrogen-bond acceptors (Lipinski definition) is 4. The van der Waals surface area contributed by atoms with Gasteiger partial charge in [0, 0.05) is 6.07 Å². The molecule has 3 rings (SSSR count). The largest absolute Gasteiger partial charge is 0.442 e. The molecule has 3 heterocycles. The van der Waals surface area contributed by atoms with Gasteiger partial charge in [0.25, 0.3) is 5.82 Å². The van der Waals surface area contributed by atoms with Crippen molar-refractivity contribution >= 4 is 11.5 Å². The van der Waals surface area contributed by atoms with E-state index < -0.39 is 0 Å². The van der Waals surface area contributed by atoms with Crippen LogP contribution in [0.3, 0.4) is 0 Å². The molecule has 0 spiro atoms. The van der Waals surface area contributed by atoms with Gasteiger partial charge in [-0.05, 0) is 6.07 Å². The summed E-state index contributed by atoms with van der Waals surface area (Å²) >= 11 is 0. The number of imidazole rings is 1. The normalized spacial score (nSPS) is 10.4. The summed E-state index contributed by atoms with van der Waals surface area (Å²) in [5, 5.41) is 4.26. The van der Waals surface area contributed by atoms with Gasteiger partial charge in [-0.15, -0.1) is 4.52 Å². The fourth-order valence-corrected chi connectivity index (χ4v) is 1.41. The summed E-state index contributed by atoms with van der Waals surface area (Å²) in [5.41, 5.74) is 1.25. The molecule has 0 aliphatic rings. The zero-order chi connectivity index (χ0) is 11.0. The molecule has 6 nitrogen and oxygen atoms in total. The smallest absolute Gasteiger partial charge is 0.275 e. The molecule has 0 aromatic carbocycles. The monoisotopic (exact) mass is 211 g/mol. The van der Waals surface area contributed by atoms with Crippen molar-refractivity contribution in [2.45, 2.75) is 0 Å². The highest BCUT2D eigenvalue weighted by atomic mass is 16.3. The van der Waals surface area contributed by atoms with Gasteiger partial charge in [0.05, 0.1) is 12.4 Å². The highest BCUT2D eigenvalue weighted by molar-refractivity contribution is 5.56. The third kappa shape index (κ3) is 1.15. The van der Waals surface area contributed by atoms with Gasteiger partial charge in [-0.25, -0.2) is 9.97 Å². The van der Waals surface area contributed by atoms with Gasteiger partial charge in [0.2, 0.25) is 5.65 Å². The second-order valence-corrected chi connectivity index (χ2v) is 3.08. The lowest BCUT2D eigenvalue weighted by atomic mass is 10.3. The summed E-state index contributed by atoms with van der Waals surface area (Å²) < 4.78 is 6.61. The molecule has 76 valence electrons. The summed E-state index contributed by atoms with van der Waals surface area (Å²) in [6.07, 6.45) is 4.40. The summed E-state index contributed by atoms with van der Waals surface area (Å²) in [4.78, 5) is 11.2. The van der Waals surface area contributed by atoms with Crippen LogP contribution in [0.5, 0.6) is 0 Å². The molecule has 0 aliphatic heterocycles. The van der Waals surface area contributed by atoms with Crippen molar-refractivity contribution in [1.82, 2.24) is 19.6 Å². The minimum Gasteiger partial charge on any atom is -0.442 e. The van der Waals surface area contributed by atoms with Crippen molar-refractivity contribution in [2.24, 2.45) is 0 Å². The van der Waals surface area contributed by atoms with Gasteiger partial charge in [0.1, 0.15) is 5.69 Å². The summed E-state index contributed by atoms with van der Waals surface area (Å²) in [7, 11) is 0. The van der Waals surface area contributed by atoms with E-state index in [4.69, 9.17) is 11.0 Å². The van der Waals surface area contributed by atoms with E-state index in [1.807, 2.05) is 0 Å². The third-order valence-corrected chi connectivity index (χ3v) is 2.14. The van der Waals surface area contributed by atoms with E-state index in [9.17, 15) is 0 Å². The summed E-state index contributed by atoms with van der Waals surface area (Å²) in [6, 6.07) is 3.55. The Morgan fingerprint density at radius 1 is 1.31 bits per heavy atom. The molecule has 0 amide bonds. The number of oxazole rings is 1. The number of rotatable bonds is 1. The molecule has 3 aromatic heterocycles. The molecule has 0 fully saturated rings. The Balaban J connectivity index is 2.26. The van der Waals surface area contributed by atoms with Gasteiger partial charge in [0.15, 0.2) is 12.2 Å². The third-order valence-electron chi connectivity index (χ3n) is 2.14. The summed E-state index contributed by atoms with van der Waals surface area (Å²) in [6.45, 7) is 6.98. The van der Waals surface area contributed by atoms with Gasteiger partial charge < -0.3 is 9.26 Å². The minimum absolute atomic E-state index is 0.372. The molecule has 0 saturated heterocycles. The topological polar surface area (TPSA) is 60.6 Å². The Kier molecular flexibility index (Phi) is 1.71. The number of aromatic nitrogens is 4. The van der Waals surface area contributed by atoms with E-state index in [0.29, 0.717) is 22.9 Å². The SMILES string of the molecule is [C-]#[N+]c1cnc2ccc(-c3cnco3)nn12. The molecule has 0 saturated carbocycles. The molecule has 16 heavy (non-hydrogen) atoms.